The van der Waals surface area contributed by atoms with Crippen molar-refractivity contribution >= 4 is 11.8 Å². The normalized spacial score (nSPS) is 10.6. The quantitative estimate of drug-likeness (QED) is 0.568. The van der Waals surface area contributed by atoms with Crippen molar-refractivity contribution in [2.45, 2.75) is 46.5 Å². The Hall–Kier alpha value is -1.84. The standard InChI is InChI=1S/C17H24O4/c1-6-21-16-10-13(11(2)3)14(9-12(16)4)15(18)7-8-17(19)20-5/h9-11H,6-8H2,1-5H3. The number of hydrogen-bond acceptors (Lipinski definition) is 4. The van der Waals surface area contributed by atoms with Crippen LogP contribution in [0.25, 0.3) is 0 Å². The Morgan fingerprint density at radius 1 is 1.19 bits per heavy atom. The van der Waals surface area contributed by atoms with Gasteiger partial charge in [0.1, 0.15) is 5.75 Å². The number of methoxy groups -OCH3 is 1. The maximum atomic E-state index is 12.4. The Morgan fingerprint density at radius 3 is 2.38 bits per heavy atom. The summed E-state index contributed by atoms with van der Waals surface area (Å²) in [7, 11) is 1.33. The molecule has 0 saturated heterocycles. The van der Waals surface area contributed by atoms with Gasteiger partial charge >= 0.3 is 5.97 Å². The van der Waals surface area contributed by atoms with Gasteiger partial charge in [-0.15, -0.1) is 0 Å². The summed E-state index contributed by atoms with van der Waals surface area (Å²) in [4.78, 5) is 23.5. The molecule has 0 aliphatic carbocycles. The van der Waals surface area contributed by atoms with E-state index in [1.165, 1.54) is 7.11 Å². The molecule has 0 aliphatic rings. The van der Waals surface area contributed by atoms with E-state index in [4.69, 9.17) is 4.74 Å². The molecule has 0 spiro atoms. The monoisotopic (exact) mass is 292 g/mol. The Labute approximate surface area is 126 Å². The van der Waals surface area contributed by atoms with Gasteiger partial charge in [-0.05, 0) is 43.0 Å². The zero-order chi connectivity index (χ0) is 16.0. The van der Waals surface area contributed by atoms with E-state index < -0.39 is 0 Å². The summed E-state index contributed by atoms with van der Waals surface area (Å²) in [5.41, 5.74) is 2.57. The molecule has 0 N–H and O–H groups in total. The zero-order valence-electron chi connectivity index (χ0n) is 13.5. The Bertz CT molecular complexity index is 518. The van der Waals surface area contributed by atoms with Crippen molar-refractivity contribution in [3.05, 3.63) is 28.8 Å². The highest BCUT2D eigenvalue weighted by molar-refractivity contribution is 5.99. The molecule has 0 heterocycles. The zero-order valence-corrected chi connectivity index (χ0v) is 13.5. The van der Waals surface area contributed by atoms with Crippen molar-refractivity contribution in [3.8, 4) is 5.75 Å². The van der Waals surface area contributed by atoms with Crippen LogP contribution in [-0.2, 0) is 9.53 Å². The van der Waals surface area contributed by atoms with Gasteiger partial charge in [-0.3, -0.25) is 9.59 Å². The number of rotatable bonds is 7. The third-order valence-corrected chi connectivity index (χ3v) is 3.35. The summed E-state index contributed by atoms with van der Waals surface area (Å²) >= 11 is 0. The number of hydrogen-bond donors (Lipinski definition) is 0. The number of ether oxygens (including phenoxy) is 2. The van der Waals surface area contributed by atoms with Crippen LogP contribution in [-0.4, -0.2) is 25.5 Å². The molecule has 0 aliphatic heterocycles. The molecule has 1 rings (SSSR count). The highest BCUT2D eigenvalue weighted by Crippen LogP contribution is 2.29. The van der Waals surface area contributed by atoms with E-state index in [1.54, 1.807) is 0 Å². The third-order valence-electron chi connectivity index (χ3n) is 3.35. The number of carbonyl (C=O) groups excluding carboxylic acids is 2. The van der Waals surface area contributed by atoms with Crippen LogP contribution in [0.2, 0.25) is 0 Å². The van der Waals surface area contributed by atoms with Gasteiger partial charge in [-0.2, -0.15) is 0 Å². The number of ketones is 1. The predicted octanol–water partition coefficient (Wildman–Crippen LogP) is 3.65. The molecule has 0 radical (unpaired) electrons. The lowest BCUT2D eigenvalue weighted by atomic mass is 9.91. The van der Waals surface area contributed by atoms with Gasteiger partial charge in [-0.25, -0.2) is 0 Å². The minimum Gasteiger partial charge on any atom is -0.494 e. The van der Waals surface area contributed by atoms with Crippen LogP contribution in [0.3, 0.4) is 0 Å². The van der Waals surface area contributed by atoms with E-state index in [9.17, 15) is 9.59 Å². The molecular weight excluding hydrogens is 268 g/mol. The summed E-state index contributed by atoms with van der Waals surface area (Å²) in [6.07, 6.45) is 0.277. The van der Waals surface area contributed by atoms with Gasteiger partial charge in [0.25, 0.3) is 0 Å². The maximum Gasteiger partial charge on any atom is 0.305 e. The van der Waals surface area contributed by atoms with Gasteiger partial charge < -0.3 is 9.47 Å². The molecule has 0 saturated carbocycles. The largest absolute Gasteiger partial charge is 0.494 e. The first-order chi connectivity index (χ1) is 9.90. The van der Waals surface area contributed by atoms with Crippen molar-refractivity contribution in [1.82, 2.24) is 0 Å². The highest BCUT2D eigenvalue weighted by Gasteiger charge is 2.18. The van der Waals surface area contributed by atoms with Crippen LogP contribution < -0.4 is 4.74 Å². The van der Waals surface area contributed by atoms with E-state index in [2.05, 4.69) is 4.74 Å². The minimum atomic E-state index is -0.364. The van der Waals surface area contributed by atoms with Crippen molar-refractivity contribution in [3.63, 3.8) is 0 Å². The second kappa shape index (κ2) is 7.81. The lowest BCUT2D eigenvalue weighted by Gasteiger charge is -2.16. The molecular formula is C17H24O4. The molecule has 0 bridgehead atoms. The lowest BCUT2D eigenvalue weighted by Crippen LogP contribution is -2.10. The molecule has 1 aromatic carbocycles. The van der Waals surface area contributed by atoms with Crippen molar-refractivity contribution < 1.29 is 19.1 Å². The van der Waals surface area contributed by atoms with Crippen LogP contribution in [0, 0.1) is 6.92 Å². The van der Waals surface area contributed by atoms with Gasteiger partial charge in [-0.1, -0.05) is 13.8 Å². The van der Waals surface area contributed by atoms with Gasteiger partial charge in [0, 0.05) is 12.0 Å². The smallest absolute Gasteiger partial charge is 0.305 e. The first-order valence-electron chi connectivity index (χ1n) is 7.28. The molecule has 116 valence electrons. The average Bonchev–Trinajstić information content (AvgIpc) is 2.45. The Kier molecular flexibility index (Phi) is 6.40. The number of Topliss-reactive ketones (excluding diaryl/α,β-unsaturated/α-hetero) is 1. The Morgan fingerprint density at radius 2 is 1.86 bits per heavy atom. The summed E-state index contributed by atoms with van der Waals surface area (Å²) in [6.45, 7) is 8.53. The van der Waals surface area contributed by atoms with Crippen LogP contribution in [0.4, 0.5) is 0 Å². The number of esters is 1. The van der Waals surface area contributed by atoms with Crippen molar-refractivity contribution in [2.75, 3.05) is 13.7 Å². The predicted molar refractivity (Wildman–Crippen MR) is 82.0 cm³/mol. The maximum absolute atomic E-state index is 12.4. The molecule has 0 amide bonds. The fraction of sp³-hybridized carbons (Fsp3) is 0.529. The SMILES string of the molecule is CCOc1cc(C(C)C)c(C(=O)CCC(=O)OC)cc1C. The molecule has 0 unspecified atom stereocenters. The molecule has 0 aromatic heterocycles. The van der Waals surface area contributed by atoms with Crippen LogP contribution in [0.5, 0.6) is 5.75 Å². The molecule has 0 atom stereocenters. The van der Waals surface area contributed by atoms with Gasteiger partial charge in [0.05, 0.1) is 20.1 Å². The topological polar surface area (TPSA) is 52.6 Å². The van der Waals surface area contributed by atoms with Crippen LogP contribution in [0.1, 0.15) is 61.0 Å². The highest BCUT2D eigenvalue weighted by atomic mass is 16.5. The Balaban J connectivity index is 3.07. The van der Waals surface area contributed by atoms with E-state index in [-0.39, 0.29) is 30.5 Å². The van der Waals surface area contributed by atoms with Gasteiger partial charge in [0.2, 0.25) is 0 Å². The van der Waals surface area contributed by atoms with E-state index >= 15 is 0 Å². The van der Waals surface area contributed by atoms with Crippen LogP contribution in [0.15, 0.2) is 12.1 Å². The van der Waals surface area contributed by atoms with Crippen molar-refractivity contribution in [2.24, 2.45) is 0 Å². The average molecular weight is 292 g/mol. The summed E-state index contributed by atoms with van der Waals surface area (Å²) in [6, 6.07) is 3.80. The molecule has 4 nitrogen and oxygen atoms in total. The first-order valence-corrected chi connectivity index (χ1v) is 7.28. The molecule has 4 heteroatoms. The summed E-state index contributed by atoms with van der Waals surface area (Å²) < 4.78 is 10.2. The molecule has 21 heavy (non-hydrogen) atoms. The summed E-state index contributed by atoms with van der Waals surface area (Å²) in [5, 5.41) is 0. The fourth-order valence-electron chi connectivity index (χ4n) is 2.19. The van der Waals surface area contributed by atoms with E-state index in [1.807, 2.05) is 39.8 Å². The second-order valence-corrected chi connectivity index (χ2v) is 5.29. The van der Waals surface area contributed by atoms with Crippen LogP contribution >= 0.6 is 0 Å². The van der Waals surface area contributed by atoms with Crippen molar-refractivity contribution in [1.29, 1.82) is 0 Å². The fourth-order valence-corrected chi connectivity index (χ4v) is 2.19. The number of aryl methyl sites for hydroxylation is 1. The van der Waals surface area contributed by atoms with E-state index in [0.29, 0.717) is 12.2 Å². The molecule has 1 aromatic rings. The third kappa shape index (κ3) is 4.59. The van der Waals surface area contributed by atoms with Gasteiger partial charge in [0.15, 0.2) is 5.78 Å². The van der Waals surface area contributed by atoms with E-state index in [0.717, 1.165) is 16.9 Å². The summed E-state index contributed by atoms with van der Waals surface area (Å²) in [5.74, 6) is 0.625. The number of benzene rings is 1. The molecule has 0 fully saturated rings. The minimum absolute atomic E-state index is 0.0322. The lowest BCUT2D eigenvalue weighted by molar-refractivity contribution is -0.140. The first kappa shape index (κ1) is 17.2. The second-order valence-electron chi connectivity index (χ2n) is 5.29. The number of carbonyl (C=O) groups is 2.